The first kappa shape index (κ1) is 21.1. The zero-order valence-corrected chi connectivity index (χ0v) is 18.0. The molecule has 1 atom stereocenters. The lowest BCUT2D eigenvalue weighted by molar-refractivity contribution is 0.102. The van der Waals surface area contributed by atoms with Crippen LogP contribution in [-0.2, 0) is 5.54 Å². The average molecular weight is 435 g/mol. The number of nitrogens with zero attached hydrogens (tertiary/aromatic N) is 2. The molecule has 0 radical (unpaired) electrons. The Labute approximate surface area is 185 Å². The number of nitrogens with two attached hydrogens (primary N) is 1. The minimum atomic E-state index is -0.722. The topological polar surface area (TPSA) is 80.4 Å². The first-order valence-corrected chi connectivity index (χ1v) is 11.1. The summed E-state index contributed by atoms with van der Waals surface area (Å²) in [5.74, 6) is 0.0593. The van der Waals surface area contributed by atoms with Gasteiger partial charge in [0.1, 0.15) is 11.5 Å². The van der Waals surface area contributed by atoms with Crippen molar-refractivity contribution in [3.05, 3.63) is 83.9 Å². The minimum absolute atomic E-state index is 0.307. The lowest BCUT2D eigenvalue weighted by Crippen LogP contribution is -2.32. The second kappa shape index (κ2) is 8.89. The predicted molar refractivity (Wildman–Crippen MR) is 125 cm³/mol. The van der Waals surface area contributed by atoms with E-state index in [1.165, 1.54) is 17.8 Å². The molecule has 7 heteroatoms. The van der Waals surface area contributed by atoms with E-state index in [2.05, 4.69) is 15.3 Å². The first-order valence-electron chi connectivity index (χ1n) is 10.1. The molecule has 4 rings (SSSR count). The quantitative estimate of drug-likeness (QED) is 0.579. The molecule has 0 spiro atoms. The molecule has 0 saturated carbocycles. The van der Waals surface area contributed by atoms with Gasteiger partial charge in [-0.15, -0.1) is 0 Å². The van der Waals surface area contributed by atoms with Crippen LogP contribution >= 0.6 is 11.8 Å². The highest BCUT2D eigenvalue weighted by atomic mass is 32.2. The number of thioether (sulfide) groups is 1. The Hall–Kier alpha value is -3.19. The third-order valence-electron chi connectivity index (χ3n) is 5.51. The maximum Gasteiger partial charge on any atom is 0.274 e. The van der Waals surface area contributed by atoms with Crippen molar-refractivity contribution >= 4 is 28.5 Å². The van der Waals surface area contributed by atoms with Crippen molar-refractivity contribution in [2.45, 2.75) is 25.3 Å². The molecule has 2 heterocycles. The number of halogens is 1. The van der Waals surface area contributed by atoms with Crippen LogP contribution in [0.3, 0.4) is 0 Å². The summed E-state index contributed by atoms with van der Waals surface area (Å²) in [7, 11) is 0. The fraction of sp³-hybridized carbons (Fsp3) is 0.208. The number of hydrogen-bond acceptors (Lipinski definition) is 5. The third-order valence-corrected chi connectivity index (χ3v) is 6.30. The Bertz CT molecular complexity index is 1140. The smallest absolute Gasteiger partial charge is 0.274 e. The molecule has 0 bridgehead atoms. The van der Waals surface area contributed by atoms with Crippen LogP contribution in [0.15, 0.2) is 71.9 Å². The molecule has 0 aliphatic carbocycles. The SMILES string of the molecule is CC[C@@]1(c2cc(NC(=O)c3ncccc3-c3ccccc3)ccc2F)CCSC(N)=N1. The number of aromatic nitrogens is 1. The standard InChI is InChI=1S/C24H23FN4OS/c1-2-24(12-14-31-23(26)29-24)19-15-17(10-11-20(19)25)28-22(30)21-18(9-6-13-27-21)16-7-4-3-5-8-16/h3-11,13,15H,2,12,14H2,1H3,(H2,26,29)(H,28,30)/t24-/m0/s1. The summed E-state index contributed by atoms with van der Waals surface area (Å²) in [6.07, 6.45) is 2.88. The number of nitrogens with one attached hydrogen (secondary N) is 1. The zero-order chi connectivity index (χ0) is 21.8. The van der Waals surface area contributed by atoms with Gasteiger partial charge in [-0.3, -0.25) is 14.8 Å². The van der Waals surface area contributed by atoms with Crippen LogP contribution in [0.4, 0.5) is 10.1 Å². The second-order valence-corrected chi connectivity index (χ2v) is 8.46. The molecule has 158 valence electrons. The summed E-state index contributed by atoms with van der Waals surface area (Å²) in [4.78, 5) is 21.9. The summed E-state index contributed by atoms with van der Waals surface area (Å²) in [5, 5.41) is 3.34. The van der Waals surface area contributed by atoms with Crippen LogP contribution in [0, 0.1) is 5.82 Å². The van der Waals surface area contributed by atoms with Crippen molar-refractivity contribution in [3.63, 3.8) is 0 Å². The molecule has 1 aliphatic rings. The van der Waals surface area contributed by atoms with Crippen LogP contribution in [0.1, 0.15) is 35.8 Å². The number of benzene rings is 2. The molecule has 0 saturated heterocycles. The molecule has 3 N–H and O–H groups in total. The highest BCUT2D eigenvalue weighted by Crippen LogP contribution is 2.40. The van der Waals surface area contributed by atoms with Crippen molar-refractivity contribution < 1.29 is 9.18 Å². The maximum atomic E-state index is 14.8. The number of amidine groups is 1. The van der Waals surface area contributed by atoms with Crippen molar-refractivity contribution in [1.82, 2.24) is 4.98 Å². The van der Waals surface area contributed by atoms with Crippen molar-refractivity contribution in [3.8, 4) is 11.1 Å². The van der Waals surface area contributed by atoms with Gasteiger partial charge in [-0.2, -0.15) is 0 Å². The Morgan fingerprint density at radius 2 is 2.00 bits per heavy atom. The average Bonchev–Trinajstić information content (AvgIpc) is 2.80. The van der Waals surface area contributed by atoms with E-state index in [9.17, 15) is 9.18 Å². The van der Waals surface area contributed by atoms with Gasteiger partial charge < -0.3 is 11.1 Å². The van der Waals surface area contributed by atoms with Gasteiger partial charge in [-0.1, -0.05) is 55.1 Å². The summed E-state index contributed by atoms with van der Waals surface area (Å²) in [6, 6.07) is 17.8. The van der Waals surface area contributed by atoms with Gasteiger partial charge in [0.25, 0.3) is 5.91 Å². The van der Waals surface area contributed by atoms with Gasteiger partial charge in [-0.05, 0) is 42.7 Å². The number of aliphatic imine (C=N–C) groups is 1. The predicted octanol–water partition coefficient (Wildman–Crippen LogP) is 5.20. The molecule has 3 aromatic rings. The molecular formula is C24H23FN4OS. The third kappa shape index (κ3) is 4.32. The van der Waals surface area contributed by atoms with E-state index in [4.69, 9.17) is 5.73 Å². The van der Waals surface area contributed by atoms with E-state index < -0.39 is 5.54 Å². The van der Waals surface area contributed by atoms with Crippen LogP contribution in [0.25, 0.3) is 11.1 Å². The molecular weight excluding hydrogens is 411 g/mol. The fourth-order valence-electron chi connectivity index (χ4n) is 3.85. The van der Waals surface area contributed by atoms with E-state index >= 15 is 0 Å². The Kier molecular flexibility index (Phi) is 6.04. The minimum Gasteiger partial charge on any atom is -0.379 e. The molecule has 1 aromatic heterocycles. The lowest BCUT2D eigenvalue weighted by Gasteiger charge is -2.33. The molecule has 0 fully saturated rings. The monoisotopic (exact) mass is 434 g/mol. The van der Waals surface area contributed by atoms with Crippen molar-refractivity contribution in [1.29, 1.82) is 0 Å². The van der Waals surface area contributed by atoms with Gasteiger partial charge in [0.05, 0.1) is 5.54 Å². The van der Waals surface area contributed by atoms with Gasteiger partial charge in [0.2, 0.25) is 0 Å². The lowest BCUT2D eigenvalue weighted by atomic mass is 9.84. The second-order valence-electron chi connectivity index (χ2n) is 7.35. The fourth-order valence-corrected chi connectivity index (χ4v) is 4.74. The number of amides is 1. The number of hydrogen-bond donors (Lipinski definition) is 2. The number of pyridine rings is 1. The first-order chi connectivity index (χ1) is 15.0. The number of carbonyl (C=O) groups excluding carboxylic acids is 1. The zero-order valence-electron chi connectivity index (χ0n) is 17.1. The van der Waals surface area contributed by atoms with Gasteiger partial charge in [0, 0.05) is 28.8 Å². The molecule has 1 amide bonds. The normalized spacial score (nSPS) is 18.3. The van der Waals surface area contributed by atoms with Gasteiger partial charge >= 0.3 is 0 Å². The maximum absolute atomic E-state index is 14.8. The van der Waals surface area contributed by atoms with Crippen LogP contribution in [0.5, 0.6) is 0 Å². The van der Waals surface area contributed by atoms with E-state index in [0.717, 1.165) is 16.9 Å². The molecule has 5 nitrogen and oxygen atoms in total. The number of rotatable bonds is 5. The van der Waals surface area contributed by atoms with E-state index in [0.29, 0.717) is 35.0 Å². The number of anilines is 1. The largest absolute Gasteiger partial charge is 0.379 e. The highest BCUT2D eigenvalue weighted by molar-refractivity contribution is 8.13. The molecule has 0 unspecified atom stereocenters. The molecule has 1 aliphatic heterocycles. The number of carbonyl (C=O) groups is 1. The molecule has 31 heavy (non-hydrogen) atoms. The summed E-state index contributed by atoms with van der Waals surface area (Å²) < 4.78 is 14.8. The Morgan fingerprint density at radius 1 is 1.19 bits per heavy atom. The Balaban J connectivity index is 1.67. The van der Waals surface area contributed by atoms with Gasteiger partial charge in [0.15, 0.2) is 5.17 Å². The van der Waals surface area contributed by atoms with E-state index in [1.54, 1.807) is 24.4 Å². The van der Waals surface area contributed by atoms with E-state index in [1.807, 2.05) is 43.3 Å². The van der Waals surface area contributed by atoms with Crippen molar-refractivity contribution in [2.24, 2.45) is 10.7 Å². The Morgan fingerprint density at radius 3 is 2.74 bits per heavy atom. The van der Waals surface area contributed by atoms with Crippen LogP contribution < -0.4 is 11.1 Å². The highest BCUT2D eigenvalue weighted by Gasteiger charge is 2.35. The summed E-state index contributed by atoms with van der Waals surface area (Å²) in [5.41, 5.74) is 8.10. The van der Waals surface area contributed by atoms with E-state index in [-0.39, 0.29) is 11.7 Å². The van der Waals surface area contributed by atoms with Crippen molar-refractivity contribution in [2.75, 3.05) is 11.1 Å². The summed E-state index contributed by atoms with van der Waals surface area (Å²) >= 11 is 1.48. The van der Waals surface area contributed by atoms with Crippen LogP contribution in [0.2, 0.25) is 0 Å². The van der Waals surface area contributed by atoms with Crippen LogP contribution in [-0.4, -0.2) is 21.8 Å². The van der Waals surface area contributed by atoms with Gasteiger partial charge in [-0.25, -0.2) is 4.39 Å². The molecule has 2 aromatic carbocycles. The summed E-state index contributed by atoms with van der Waals surface area (Å²) in [6.45, 7) is 1.97.